The number of aryl methyl sites for hydroxylation is 1. The summed E-state index contributed by atoms with van der Waals surface area (Å²) in [5.41, 5.74) is 1.30. The average Bonchev–Trinajstić information content (AvgIpc) is 3.18. The normalized spacial score (nSPS) is 17.0. The summed E-state index contributed by atoms with van der Waals surface area (Å²) in [7, 11) is 0. The fraction of sp³-hybridized carbons (Fsp3) is 0.467. The Morgan fingerprint density at radius 1 is 1.43 bits per heavy atom. The third kappa shape index (κ3) is 2.86. The van der Waals surface area contributed by atoms with Crippen molar-refractivity contribution in [2.45, 2.75) is 32.7 Å². The molecule has 0 saturated heterocycles. The molecule has 1 aliphatic carbocycles. The van der Waals surface area contributed by atoms with E-state index in [1.54, 1.807) is 17.9 Å². The Morgan fingerprint density at radius 2 is 2.26 bits per heavy atom. The van der Waals surface area contributed by atoms with Gasteiger partial charge in [0.15, 0.2) is 10.8 Å². The lowest BCUT2D eigenvalue weighted by atomic mass is 10.1. The van der Waals surface area contributed by atoms with Crippen LogP contribution in [0.25, 0.3) is 0 Å². The number of hydrogen-bond donors (Lipinski definition) is 1. The Labute approximate surface area is 136 Å². The average molecular weight is 332 g/mol. The highest BCUT2D eigenvalue weighted by Crippen LogP contribution is 2.33. The van der Waals surface area contributed by atoms with Crippen LogP contribution in [0.15, 0.2) is 10.6 Å². The van der Waals surface area contributed by atoms with E-state index >= 15 is 0 Å². The largest absolute Gasteiger partial charge is 0.361 e. The second-order valence-corrected chi connectivity index (χ2v) is 7.04. The van der Waals surface area contributed by atoms with Gasteiger partial charge in [0.05, 0.1) is 12.2 Å². The van der Waals surface area contributed by atoms with Crippen molar-refractivity contribution in [1.29, 1.82) is 0 Å². The van der Waals surface area contributed by atoms with E-state index < -0.39 is 0 Å². The van der Waals surface area contributed by atoms with E-state index in [1.165, 1.54) is 11.3 Å². The van der Waals surface area contributed by atoms with Crippen LogP contribution < -0.4 is 5.32 Å². The van der Waals surface area contributed by atoms with Crippen LogP contribution >= 0.6 is 11.3 Å². The standard InChI is InChI=1S/C15H16N4O3S/c1-8-6-11(18-22-8)14(21)19-5-4-10-12(7-19)23-15(16-10)17-13(20)9-2-3-9/h6,9H,2-5,7H2,1H3,(H,16,17,20). The van der Waals surface area contributed by atoms with Crippen molar-refractivity contribution < 1.29 is 14.1 Å². The van der Waals surface area contributed by atoms with Crippen LogP contribution in [-0.4, -0.2) is 33.4 Å². The zero-order valence-corrected chi connectivity index (χ0v) is 13.5. The van der Waals surface area contributed by atoms with Gasteiger partial charge in [0, 0.05) is 29.8 Å². The van der Waals surface area contributed by atoms with Gasteiger partial charge in [0.2, 0.25) is 5.91 Å². The van der Waals surface area contributed by atoms with E-state index in [2.05, 4.69) is 15.5 Å². The molecule has 0 spiro atoms. The van der Waals surface area contributed by atoms with Gasteiger partial charge in [0.1, 0.15) is 5.76 Å². The van der Waals surface area contributed by atoms with Crippen LogP contribution in [0, 0.1) is 12.8 Å². The topological polar surface area (TPSA) is 88.3 Å². The molecule has 1 aliphatic heterocycles. The van der Waals surface area contributed by atoms with Crippen molar-refractivity contribution in [3.63, 3.8) is 0 Å². The Hall–Kier alpha value is -2.22. The summed E-state index contributed by atoms with van der Waals surface area (Å²) in [5, 5.41) is 7.30. The van der Waals surface area contributed by atoms with E-state index in [-0.39, 0.29) is 17.7 Å². The molecule has 0 unspecified atom stereocenters. The number of fused-ring (bicyclic) bond motifs is 1. The van der Waals surface area contributed by atoms with Gasteiger partial charge in [-0.3, -0.25) is 9.59 Å². The molecule has 4 rings (SSSR count). The minimum Gasteiger partial charge on any atom is -0.361 e. The second kappa shape index (κ2) is 5.45. The zero-order chi connectivity index (χ0) is 16.0. The monoisotopic (exact) mass is 332 g/mol. The Kier molecular flexibility index (Phi) is 3.41. The van der Waals surface area contributed by atoms with Crippen molar-refractivity contribution in [3.05, 3.63) is 28.1 Å². The van der Waals surface area contributed by atoms with E-state index in [0.717, 1.165) is 23.4 Å². The van der Waals surface area contributed by atoms with E-state index in [9.17, 15) is 9.59 Å². The second-order valence-electron chi connectivity index (χ2n) is 5.95. The number of amides is 2. The summed E-state index contributed by atoms with van der Waals surface area (Å²) in [6, 6.07) is 1.64. The first kappa shape index (κ1) is 14.4. The number of thiazole rings is 1. The lowest BCUT2D eigenvalue weighted by molar-refractivity contribution is -0.117. The van der Waals surface area contributed by atoms with Crippen LogP contribution in [0.2, 0.25) is 0 Å². The minimum atomic E-state index is -0.135. The fourth-order valence-electron chi connectivity index (χ4n) is 2.60. The molecule has 7 nitrogen and oxygen atoms in total. The molecule has 1 saturated carbocycles. The molecule has 2 amide bonds. The predicted octanol–water partition coefficient (Wildman–Crippen LogP) is 1.99. The van der Waals surface area contributed by atoms with Crippen molar-refractivity contribution in [2.75, 3.05) is 11.9 Å². The number of hydrogen-bond acceptors (Lipinski definition) is 6. The first-order valence-electron chi connectivity index (χ1n) is 7.62. The summed E-state index contributed by atoms with van der Waals surface area (Å²) >= 11 is 1.45. The maximum Gasteiger partial charge on any atom is 0.276 e. The summed E-state index contributed by atoms with van der Waals surface area (Å²) < 4.78 is 4.97. The maximum absolute atomic E-state index is 12.4. The maximum atomic E-state index is 12.4. The minimum absolute atomic E-state index is 0.0575. The highest BCUT2D eigenvalue weighted by atomic mass is 32.1. The van der Waals surface area contributed by atoms with Gasteiger partial charge in [-0.2, -0.15) is 0 Å². The number of aromatic nitrogens is 2. The first-order valence-corrected chi connectivity index (χ1v) is 8.44. The number of carbonyl (C=O) groups excluding carboxylic acids is 2. The number of anilines is 1. The lowest BCUT2D eigenvalue weighted by Gasteiger charge is -2.25. The third-order valence-electron chi connectivity index (χ3n) is 4.04. The van der Waals surface area contributed by atoms with Gasteiger partial charge >= 0.3 is 0 Å². The quantitative estimate of drug-likeness (QED) is 0.928. The molecular formula is C15H16N4O3S. The van der Waals surface area contributed by atoms with Crippen LogP contribution in [-0.2, 0) is 17.8 Å². The van der Waals surface area contributed by atoms with Crippen molar-refractivity contribution >= 4 is 28.3 Å². The molecule has 23 heavy (non-hydrogen) atoms. The molecule has 8 heteroatoms. The Balaban J connectivity index is 1.47. The van der Waals surface area contributed by atoms with Crippen molar-refractivity contribution in [1.82, 2.24) is 15.0 Å². The summed E-state index contributed by atoms with van der Waals surface area (Å²) in [4.78, 5) is 31.5. The Morgan fingerprint density at radius 3 is 2.96 bits per heavy atom. The molecule has 1 N–H and O–H groups in total. The van der Waals surface area contributed by atoms with E-state index in [1.807, 2.05) is 0 Å². The van der Waals surface area contributed by atoms with Gasteiger partial charge in [0.25, 0.3) is 5.91 Å². The summed E-state index contributed by atoms with van der Waals surface area (Å²) in [6.45, 7) is 2.85. The molecule has 0 atom stereocenters. The Bertz CT molecular complexity index is 778. The molecule has 0 aromatic carbocycles. The van der Waals surface area contributed by atoms with Gasteiger partial charge in [-0.15, -0.1) is 0 Å². The SMILES string of the molecule is Cc1cc(C(=O)N2CCc3nc(NC(=O)C4CC4)sc3C2)no1. The molecule has 2 aliphatic rings. The van der Waals surface area contributed by atoms with Crippen LogP contribution in [0.1, 0.15) is 39.7 Å². The lowest BCUT2D eigenvalue weighted by Crippen LogP contribution is -2.35. The number of nitrogens with zero attached hydrogens (tertiary/aromatic N) is 3. The zero-order valence-electron chi connectivity index (χ0n) is 12.7. The smallest absolute Gasteiger partial charge is 0.276 e. The van der Waals surface area contributed by atoms with Crippen LogP contribution in [0.5, 0.6) is 0 Å². The van der Waals surface area contributed by atoms with Crippen LogP contribution in [0.3, 0.4) is 0 Å². The molecule has 0 bridgehead atoms. The number of rotatable bonds is 3. The molecule has 1 fully saturated rings. The first-order chi connectivity index (χ1) is 11.1. The molecule has 3 heterocycles. The van der Waals surface area contributed by atoms with Crippen molar-refractivity contribution in [3.8, 4) is 0 Å². The molecule has 2 aromatic rings. The summed E-state index contributed by atoms with van der Waals surface area (Å²) in [6.07, 6.45) is 2.63. The number of nitrogens with one attached hydrogen (secondary N) is 1. The predicted molar refractivity (Wildman–Crippen MR) is 83.2 cm³/mol. The fourth-order valence-corrected chi connectivity index (χ4v) is 3.63. The highest BCUT2D eigenvalue weighted by molar-refractivity contribution is 7.15. The molecule has 0 radical (unpaired) electrons. The van der Waals surface area contributed by atoms with E-state index in [4.69, 9.17) is 4.52 Å². The third-order valence-corrected chi connectivity index (χ3v) is 5.04. The van der Waals surface area contributed by atoms with Gasteiger partial charge in [-0.25, -0.2) is 4.98 Å². The van der Waals surface area contributed by atoms with Gasteiger partial charge in [-0.1, -0.05) is 16.5 Å². The number of carbonyl (C=O) groups is 2. The van der Waals surface area contributed by atoms with Gasteiger partial charge < -0.3 is 14.7 Å². The highest BCUT2D eigenvalue weighted by Gasteiger charge is 2.31. The molecule has 120 valence electrons. The van der Waals surface area contributed by atoms with E-state index in [0.29, 0.717) is 36.1 Å². The van der Waals surface area contributed by atoms with Crippen LogP contribution in [0.4, 0.5) is 5.13 Å². The molecular weight excluding hydrogens is 316 g/mol. The molecule has 2 aromatic heterocycles. The van der Waals surface area contributed by atoms with Gasteiger partial charge in [-0.05, 0) is 19.8 Å². The van der Waals surface area contributed by atoms with Crippen molar-refractivity contribution in [2.24, 2.45) is 5.92 Å². The summed E-state index contributed by atoms with van der Waals surface area (Å²) in [5.74, 6) is 0.699.